The number of ether oxygens (including phenoxy) is 1. The van der Waals surface area contributed by atoms with Gasteiger partial charge in [-0.05, 0) is 20.5 Å². The van der Waals surface area contributed by atoms with Crippen molar-refractivity contribution < 1.29 is 4.74 Å². The van der Waals surface area contributed by atoms with Gasteiger partial charge in [0.1, 0.15) is 18.0 Å². The maximum absolute atomic E-state index is 5.53. The topological polar surface area (TPSA) is 62.3 Å². The fourth-order valence-electron chi connectivity index (χ4n) is 1.71. The van der Waals surface area contributed by atoms with Gasteiger partial charge in [0.05, 0.1) is 13.2 Å². The van der Waals surface area contributed by atoms with Crippen LogP contribution in [0.25, 0.3) is 0 Å². The van der Waals surface area contributed by atoms with Crippen LogP contribution in [-0.4, -0.2) is 62.3 Å². The monoisotopic (exact) mass is 267 g/mol. The molecule has 0 aromatic carbocycles. The Bertz CT molecular complexity index is 370. The number of aromatic nitrogens is 2. The Kier molecular flexibility index (Phi) is 7.14. The molecule has 1 aromatic rings. The van der Waals surface area contributed by atoms with E-state index in [9.17, 15) is 0 Å². The molecule has 0 atom stereocenters. The van der Waals surface area contributed by atoms with Crippen LogP contribution in [0.15, 0.2) is 6.33 Å². The average molecular weight is 267 g/mol. The predicted molar refractivity (Wildman–Crippen MR) is 78.8 cm³/mol. The number of likely N-dealkylation sites (N-methyl/N-ethyl adjacent to an activating group) is 1. The van der Waals surface area contributed by atoms with E-state index in [0.717, 1.165) is 43.3 Å². The standard InChI is InChI=1S/C13H25N5O/c1-5-11-12(14-2)16-10-17-13(11)15-6-8-19-9-7-18(3)4/h10H,5-9H2,1-4H3,(H2,14,15,16,17). The molecule has 0 aliphatic rings. The third-order valence-corrected chi connectivity index (χ3v) is 2.76. The number of anilines is 2. The van der Waals surface area contributed by atoms with Crippen molar-refractivity contribution >= 4 is 11.6 Å². The smallest absolute Gasteiger partial charge is 0.134 e. The number of nitrogens with one attached hydrogen (secondary N) is 2. The predicted octanol–water partition coefficient (Wildman–Crippen LogP) is 1.07. The zero-order valence-corrected chi connectivity index (χ0v) is 12.4. The van der Waals surface area contributed by atoms with E-state index in [-0.39, 0.29) is 0 Å². The van der Waals surface area contributed by atoms with Crippen LogP contribution in [0, 0.1) is 0 Å². The first-order valence-corrected chi connectivity index (χ1v) is 6.67. The van der Waals surface area contributed by atoms with Gasteiger partial charge in [-0.1, -0.05) is 6.92 Å². The van der Waals surface area contributed by atoms with Gasteiger partial charge < -0.3 is 20.3 Å². The Morgan fingerprint density at radius 1 is 1.21 bits per heavy atom. The van der Waals surface area contributed by atoms with E-state index < -0.39 is 0 Å². The second kappa shape index (κ2) is 8.66. The third-order valence-electron chi connectivity index (χ3n) is 2.76. The van der Waals surface area contributed by atoms with Crippen LogP contribution in [0.4, 0.5) is 11.6 Å². The van der Waals surface area contributed by atoms with Gasteiger partial charge in [0.2, 0.25) is 0 Å². The fourth-order valence-corrected chi connectivity index (χ4v) is 1.71. The number of hydrogen-bond donors (Lipinski definition) is 2. The zero-order chi connectivity index (χ0) is 14.1. The number of rotatable bonds is 9. The van der Waals surface area contributed by atoms with Gasteiger partial charge in [-0.2, -0.15) is 0 Å². The first-order valence-electron chi connectivity index (χ1n) is 6.67. The Balaban J connectivity index is 2.37. The van der Waals surface area contributed by atoms with E-state index in [1.807, 2.05) is 21.1 Å². The summed E-state index contributed by atoms with van der Waals surface area (Å²) in [6.45, 7) is 5.22. The van der Waals surface area contributed by atoms with Gasteiger partial charge in [0.15, 0.2) is 0 Å². The van der Waals surface area contributed by atoms with Gasteiger partial charge in [0.25, 0.3) is 0 Å². The van der Waals surface area contributed by atoms with Gasteiger partial charge in [0, 0.05) is 25.7 Å². The maximum atomic E-state index is 5.53. The Morgan fingerprint density at radius 2 is 1.95 bits per heavy atom. The molecule has 0 saturated carbocycles. The lowest BCUT2D eigenvalue weighted by atomic mass is 10.2. The summed E-state index contributed by atoms with van der Waals surface area (Å²) in [7, 11) is 5.94. The van der Waals surface area contributed by atoms with Gasteiger partial charge in [-0.3, -0.25) is 0 Å². The molecule has 1 aromatic heterocycles. The summed E-state index contributed by atoms with van der Waals surface area (Å²) in [5.41, 5.74) is 1.11. The Labute approximate surface area is 115 Å². The average Bonchev–Trinajstić information content (AvgIpc) is 2.41. The Morgan fingerprint density at radius 3 is 2.58 bits per heavy atom. The highest BCUT2D eigenvalue weighted by Gasteiger charge is 2.07. The minimum Gasteiger partial charge on any atom is -0.378 e. The summed E-state index contributed by atoms with van der Waals surface area (Å²) in [6.07, 6.45) is 2.46. The minimum atomic E-state index is 0.676. The van der Waals surface area contributed by atoms with E-state index in [0.29, 0.717) is 6.61 Å². The minimum absolute atomic E-state index is 0.676. The van der Waals surface area contributed by atoms with Gasteiger partial charge >= 0.3 is 0 Å². The quantitative estimate of drug-likeness (QED) is 0.653. The summed E-state index contributed by atoms with van der Waals surface area (Å²) in [6, 6.07) is 0. The molecule has 6 nitrogen and oxygen atoms in total. The van der Waals surface area contributed by atoms with Crippen LogP contribution in [0.3, 0.4) is 0 Å². The largest absolute Gasteiger partial charge is 0.378 e. The highest BCUT2D eigenvalue weighted by Crippen LogP contribution is 2.19. The SMILES string of the molecule is CCc1c(NC)ncnc1NCCOCCN(C)C. The van der Waals surface area contributed by atoms with Crippen molar-refractivity contribution in [1.82, 2.24) is 14.9 Å². The lowest BCUT2D eigenvalue weighted by Crippen LogP contribution is -2.20. The molecule has 1 heterocycles. The molecule has 0 aliphatic heterocycles. The molecule has 6 heteroatoms. The Hall–Kier alpha value is -1.40. The van der Waals surface area contributed by atoms with E-state index in [2.05, 4.69) is 32.4 Å². The van der Waals surface area contributed by atoms with E-state index in [1.54, 1.807) is 6.33 Å². The van der Waals surface area contributed by atoms with E-state index in [1.165, 1.54) is 0 Å². The first-order chi connectivity index (χ1) is 9.19. The molecule has 0 spiro atoms. The maximum Gasteiger partial charge on any atom is 0.134 e. The zero-order valence-electron chi connectivity index (χ0n) is 12.4. The van der Waals surface area contributed by atoms with Crippen LogP contribution in [0.1, 0.15) is 12.5 Å². The van der Waals surface area contributed by atoms with Crippen molar-refractivity contribution in [3.63, 3.8) is 0 Å². The van der Waals surface area contributed by atoms with Gasteiger partial charge in [-0.15, -0.1) is 0 Å². The highest BCUT2D eigenvalue weighted by molar-refractivity contribution is 5.56. The van der Waals surface area contributed by atoms with Crippen molar-refractivity contribution in [2.75, 3.05) is 58.1 Å². The second-order valence-electron chi connectivity index (χ2n) is 4.50. The molecule has 0 unspecified atom stereocenters. The lowest BCUT2D eigenvalue weighted by Gasteiger charge is -2.13. The number of hydrogen-bond acceptors (Lipinski definition) is 6. The molecule has 0 radical (unpaired) electrons. The molecule has 0 aliphatic carbocycles. The van der Waals surface area contributed by atoms with Crippen molar-refractivity contribution in [3.8, 4) is 0 Å². The van der Waals surface area contributed by atoms with Crippen LogP contribution >= 0.6 is 0 Å². The van der Waals surface area contributed by atoms with Crippen molar-refractivity contribution in [2.45, 2.75) is 13.3 Å². The van der Waals surface area contributed by atoms with Crippen LogP contribution < -0.4 is 10.6 Å². The lowest BCUT2D eigenvalue weighted by molar-refractivity contribution is 0.126. The van der Waals surface area contributed by atoms with Crippen LogP contribution in [0.2, 0.25) is 0 Å². The normalized spacial score (nSPS) is 10.8. The molecule has 0 fully saturated rings. The summed E-state index contributed by atoms with van der Waals surface area (Å²) in [5.74, 6) is 1.77. The summed E-state index contributed by atoms with van der Waals surface area (Å²) >= 11 is 0. The van der Waals surface area contributed by atoms with Crippen LogP contribution in [-0.2, 0) is 11.2 Å². The molecule has 0 bridgehead atoms. The highest BCUT2D eigenvalue weighted by atomic mass is 16.5. The van der Waals surface area contributed by atoms with E-state index in [4.69, 9.17) is 4.74 Å². The molecular formula is C13H25N5O. The van der Waals surface area contributed by atoms with E-state index >= 15 is 0 Å². The summed E-state index contributed by atoms with van der Waals surface area (Å²) in [5, 5.41) is 6.38. The molecule has 2 N–H and O–H groups in total. The molecule has 0 saturated heterocycles. The molecule has 0 amide bonds. The van der Waals surface area contributed by atoms with Gasteiger partial charge in [-0.25, -0.2) is 9.97 Å². The van der Waals surface area contributed by atoms with Crippen molar-refractivity contribution in [3.05, 3.63) is 11.9 Å². The third kappa shape index (κ3) is 5.40. The molecule has 1 rings (SSSR count). The number of nitrogens with zero attached hydrogens (tertiary/aromatic N) is 3. The summed E-state index contributed by atoms with van der Waals surface area (Å²) in [4.78, 5) is 10.6. The molecule has 19 heavy (non-hydrogen) atoms. The molecular weight excluding hydrogens is 242 g/mol. The van der Waals surface area contributed by atoms with Crippen LogP contribution in [0.5, 0.6) is 0 Å². The first kappa shape index (κ1) is 15.7. The fraction of sp³-hybridized carbons (Fsp3) is 0.692. The van der Waals surface area contributed by atoms with Crippen molar-refractivity contribution in [2.24, 2.45) is 0 Å². The van der Waals surface area contributed by atoms with Crippen molar-refractivity contribution in [1.29, 1.82) is 0 Å². The molecule has 108 valence electrons. The second-order valence-corrected chi connectivity index (χ2v) is 4.50. The summed E-state index contributed by atoms with van der Waals surface area (Å²) < 4.78 is 5.53.